The summed E-state index contributed by atoms with van der Waals surface area (Å²) in [7, 11) is 0. The van der Waals surface area contributed by atoms with E-state index < -0.39 is 0 Å². The summed E-state index contributed by atoms with van der Waals surface area (Å²) >= 11 is 5.00. The minimum Gasteiger partial charge on any atom is -0.391 e. The van der Waals surface area contributed by atoms with Crippen LogP contribution in [0.1, 0.15) is 32.1 Å². The molecule has 2 rings (SSSR count). The molecule has 1 heterocycles. The predicted molar refractivity (Wildman–Crippen MR) is 69.5 cm³/mol. The van der Waals surface area contributed by atoms with E-state index in [2.05, 4.69) is 4.90 Å². The Balaban J connectivity index is 1.78. The topological polar surface area (TPSA) is 38.5 Å². The van der Waals surface area contributed by atoms with E-state index in [1.165, 1.54) is 38.6 Å². The third kappa shape index (κ3) is 3.40. The van der Waals surface area contributed by atoms with Gasteiger partial charge in [0.2, 0.25) is 0 Å². The van der Waals surface area contributed by atoms with Gasteiger partial charge in [-0.2, -0.15) is 0 Å². The molecule has 1 saturated carbocycles. The second kappa shape index (κ2) is 5.94. The highest BCUT2D eigenvalue weighted by molar-refractivity contribution is 7.80. The lowest BCUT2D eigenvalue weighted by molar-refractivity contribution is -0.000673. The molecule has 0 aromatic carbocycles. The summed E-state index contributed by atoms with van der Waals surface area (Å²) in [5.41, 5.74) is 5.64. The quantitative estimate of drug-likeness (QED) is 0.762. The Bertz CT molecular complexity index is 241. The van der Waals surface area contributed by atoms with Crippen LogP contribution in [-0.2, 0) is 4.74 Å². The van der Waals surface area contributed by atoms with Crippen molar-refractivity contribution in [3.05, 3.63) is 0 Å². The summed E-state index contributed by atoms with van der Waals surface area (Å²) in [6, 6.07) is 0. The van der Waals surface area contributed by atoms with Crippen LogP contribution in [0.4, 0.5) is 0 Å². The van der Waals surface area contributed by atoms with Crippen molar-refractivity contribution in [1.29, 1.82) is 0 Å². The minimum atomic E-state index is -0.0210. The molecular formula is C12H22N2OS. The molecule has 1 saturated heterocycles. The third-order valence-corrected chi connectivity index (χ3v) is 3.97. The van der Waals surface area contributed by atoms with Gasteiger partial charge in [-0.1, -0.05) is 31.5 Å². The van der Waals surface area contributed by atoms with Gasteiger partial charge < -0.3 is 10.5 Å². The normalized spacial score (nSPS) is 29.1. The zero-order valence-corrected chi connectivity index (χ0v) is 10.7. The Kier molecular flexibility index (Phi) is 4.55. The first-order valence-corrected chi connectivity index (χ1v) is 6.80. The van der Waals surface area contributed by atoms with E-state index in [1.807, 2.05) is 0 Å². The van der Waals surface area contributed by atoms with Crippen molar-refractivity contribution in [1.82, 2.24) is 4.90 Å². The van der Waals surface area contributed by atoms with Crippen LogP contribution < -0.4 is 5.73 Å². The molecule has 1 aliphatic heterocycles. The van der Waals surface area contributed by atoms with Crippen LogP contribution in [0.5, 0.6) is 0 Å². The Morgan fingerprint density at radius 2 is 2.06 bits per heavy atom. The van der Waals surface area contributed by atoms with Crippen LogP contribution in [0.25, 0.3) is 0 Å². The lowest BCUT2D eigenvalue weighted by Crippen LogP contribution is -2.49. The minimum absolute atomic E-state index is 0.0210. The standard InChI is InChI=1S/C12H22N2OS/c13-12(16)11-9-14(6-7-15-11)8-10-4-2-1-3-5-10/h10-11H,1-9H2,(H2,13,16). The maximum absolute atomic E-state index is 5.64. The maximum Gasteiger partial charge on any atom is 0.120 e. The van der Waals surface area contributed by atoms with Gasteiger partial charge >= 0.3 is 0 Å². The average Bonchev–Trinajstić information content (AvgIpc) is 2.30. The van der Waals surface area contributed by atoms with E-state index in [0.717, 1.165) is 25.6 Å². The lowest BCUT2D eigenvalue weighted by atomic mass is 9.89. The van der Waals surface area contributed by atoms with Crippen LogP contribution in [-0.4, -0.2) is 42.2 Å². The highest BCUT2D eigenvalue weighted by Gasteiger charge is 2.25. The van der Waals surface area contributed by atoms with E-state index in [4.69, 9.17) is 22.7 Å². The van der Waals surface area contributed by atoms with Gasteiger partial charge in [0.05, 0.1) is 6.61 Å². The first-order chi connectivity index (χ1) is 7.75. The molecule has 92 valence electrons. The van der Waals surface area contributed by atoms with Crippen molar-refractivity contribution >= 4 is 17.2 Å². The molecule has 0 radical (unpaired) electrons. The molecule has 0 aromatic rings. The Morgan fingerprint density at radius 3 is 2.75 bits per heavy atom. The summed E-state index contributed by atoms with van der Waals surface area (Å²) < 4.78 is 5.55. The van der Waals surface area contributed by atoms with Gasteiger partial charge in [0.25, 0.3) is 0 Å². The van der Waals surface area contributed by atoms with E-state index >= 15 is 0 Å². The van der Waals surface area contributed by atoms with Crippen molar-refractivity contribution < 1.29 is 4.74 Å². The molecule has 4 heteroatoms. The van der Waals surface area contributed by atoms with Crippen molar-refractivity contribution in [3.63, 3.8) is 0 Å². The second-order valence-electron chi connectivity index (χ2n) is 5.03. The second-order valence-corrected chi connectivity index (χ2v) is 5.50. The number of nitrogens with two attached hydrogens (primary N) is 1. The molecule has 0 spiro atoms. The first-order valence-electron chi connectivity index (χ1n) is 6.39. The fourth-order valence-corrected chi connectivity index (χ4v) is 2.92. The van der Waals surface area contributed by atoms with Crippen LogP contribution >= 0.6 is 12.2 Å². The molecule has 0 aromatic heterocycles. The molecule has 0 bridgehead atoms. The van der Waals surface area contributed by atoms with Crippen LogP contribution in [0.2, 0.25) is 0 Å². The Labute approximate surface area is 103 Å². The number of morpholine rings is 1. The van der Waals surface area contributed by atoms with Gasteiger partial charge in [-0.3, -0.25) is 4.90 Å². The average molecular weight is 242 g/mol. The number of thiocarbonyl (C=S) groups is 1. The third-order valence-electron chi connectivity index (χ3n) is 3.71. The van der Waals surface area contributed by atoms with E-state index in [-0.39, 0.29) is 6.10 Å². The molecule has 2 fully saturated rings. The fraction of sp³-hybridized carbons (Fsp3) is 0.917. The SMILES string of the molecule is NC(=S)C1CN(CC2CCCCC2)CCO1. The number of hydrogen-bond acceptors (Lipinski definition) is 3. The molecular weight excluding hydrogens is 220 g/mol. The first kappa shape index (κ1) is 12.3. The van der Waals surface area contributed by atoms with Crippen molar-refractivity contribution in [3.8, 4) is 0 Å². The Hall–Kier alpha value is -0.190. The molecule has 16 heavy (non-hydrogen) atoms. The number of hydrogen-bond donors (Lipinski definition) is 1. The molecule has 3 nitrogen and oxygen atoms in total. The fourth-order valence-electron chi connectivity index (χ4n) is 2.78. The highest BCUT2D eigenvalue weighted by atomic mass is 32.1. The van der Waals surface area contributed by atoms with E-state index in [1.54, 1.807) is 0 Å². The van der Waals surface area contributed by atoms with Crippen molar-refractivity contribution in [2.45, 2.75) is 38.2 Å². The largest absolute Gasteiger partial charge is 0.391 e. The van der Waals surface area contributed by atoms with Gasteiger partial charge in [0.15, 0.2) is 0 Å². The zero-order chi connectivity index (χ0) is 11.4. The summed E-state index contributed by atoms with van der Waals surface area (Å²) in [5.74, 6) is 0.888. The highest BCUT2D eigenvalue weighted by Crippen LogP contribution is 2.24. The Morgan fingerprint density at radius 1 is 1.31 bits per heavy atom. The summed E-state index contributed by atoms with van der Waals surface area (Å²) in [6.07, 6.45) is 7.02. The van der Waals surface area contributed by atoms with Crippen LogP contribution in [0.15, 0.2) is 0 Å². The van der Waals surface area contributed by atoms with Crippen molar-refractivity contribution in [2.75, 3.05) is 26.2 Å². The lowest BCUT2D eigenvalue weighted by Gasteiger charge is -2.35. The number of ether oxygens (including phenoxy) is 1. The summed E-state index contributed by atoms with van der Waals surface area (Å²) in [4.78, 5) is 2.98. The number of nitrogens with zero attached hydrogens (tertiary/aromatic N) is 1. The van der Waals surface area contributed by atoms with Gasteiger partial charge in [0.1, 0.15) is 11.1 Å². The summed E-state index contributed by atoms with van der Waals surface area (Å²) in [5, 5.41) is 0. The monoisotopic (exact) mass is 242 g/mol. The van der Waals surface area contributed by atoms with Crippen LogP contribution in [0, 0.1) is 5.92 Å². The van der Waals surface area contributed by atoms with Gasteiger partial charge in [0, 0.05) is 19.6 Å². The molecule has 1 aliphatic carbocycles. The predicted octanol–water partition coefficient (Wildman–Crippen LogP) is 1.55. The molecule has 2 N–H and O–H groups in total. The molecule has 2 aliphatic rings. The van der Waals surface area contributed by atoms with Gasteiger partial charge in [-0.25, -0.2) is 0 Å². The number of rotatable bonds is 3. The molecule has 1 unspecified atom stereocenters. The van der Waals surface area contributed by atoms with Crippen LogP contribution in [0.3, 0.4) is 0 Å². The molecule has 0 amide bonds. The van der Waals surface area contributed by atoms with E-state index in [0.29, 0.717) is 4.99 Å². The smallest absolute Gasteiger partial charge is 0.120 e. The van der Waals surface area contributed by atoms with Gasteiger partial charge in [-0.05, 0) is 18.8 Å². The van der Waals surface area contributed by atoms with E-state index in [9.17, 15) is 0 Å². The molecule has 1 atom stereocenters. The maximum atomic E-state index is 5.64. The zero-order valence-electron chi connectivity index (χ0n) is 9.86. The summed E-state index contributed by atoms with van der Waals surface area (Å²) in [6.45, 7) is 3.92. The van der Waals surface area contributed by atoms with Gasteiger partial charge in [-0.15, -0.1) is 0 Å². The van der Waals surface area contributed by atoms with Crippen molar-refractivity contribution in [2.24, 2.45) is 11.7 Å².